The third kappa shape index (κ3) is 3.99. The van der Waals surface area contributed by atoms with Crippen molar-refractivity contribution in [3.05, 3.63) is 72.3 Å². The van der Waals surface area contributed by atoms with E-state index < -0.39 is 0 Å². The molecule has 3 aromatic carbocycles. The van der Waals surface area contributed by atoms with Gasteiger partial charge < -0.3 is 14.1 Å². The number of fused-ring (bicyclic) bond motifs is 1. The van der Waals surface area contributed by atoms with E-state index in [1.54, 1.807) is 18.9 Å². The van der Waals surface area contributed by atoms with E-state index in [9.17, 15) is 0 Å². The van der Waals surface area contributed by atoms with Crippen LogP contribution in [0.15, 0.2) is 76.4 Å². The highest BCUT2D eigenvalue weighted by atomic mass is 32.2. The van der Waals surface area contributed by atoms with E-state index in [-0.39, 0.29) is 0 Å². The van der Waals surface area contributed by atoms with Crippen LogP contribution in [0.3, 0.4) is 0 Å². The zero-order valence-corrected chi connectivity index (χ0v) is 17.0. The highest BCUT2D eigenvalue weighted by molar-refractivity contribution is 7.98. The van der Waals surface area contributed by atoms with Gasteiger partial charge in [-0.1, -0.05) is 48.2 Å². The summed E-state index contributed by atoms with van der Waals surface area (Å²) >= 11 is 1.60. The molecule has 4 aromatic rings. The van der Waals surface area contributed by atoms with Crippen LogP contribution in [0, 0.1) is 0 Å². The first-order valence-electron chi connectivity index (χ1n) is 9.06. The van der Waals surface area contributed by atoms with Crippen molar-refractivity contribution in [2.45, 2.75) is 11.0 Å². The van der Waals surface area contributed by atoms with Crippen LogP contribution >= 0.6 is 11.8 Å². The zero-order valence-electron chi connectivity index (χ0n) is 16.2. The van der Waals surface area contributed by atoms with Crippen molar-refractivity contribution in [2.24, 2.45) is 0 Å². The molecule has 0 aliphatic rings. The molecule has 0 unspecified atom stereocenters. The first-order chi connectivity index (χ1) is 13.6. The molecule has 1 heterocycles. The molecule has 0 amide bonds. The second-order valence-electron chi connectivity index (χ2n) is 6.74. The lowest BCUT2D eigenvalue weighted by Crippen LogP contribution is -2.07. The number of oxazole rings is 1. The molecule has 1 aromatic heterocycles. The normalized spacial score (nSPS) is 11.0. The molecule has 0 saturated heterocycles. The number of thioether (sulfide) groups is 1. The Hall–Kier alpha value is -2.92. The molecule has 0 saturated carbocycles. The van der Waals surface area contributed by atoms with Gasteiger partial charge in [0.15, 0.2) is 5.58 Å². The fourth-order valence-electron chi connectivity index (χ4n) is 2.97. The van der Waals surface area contributed by atoms with Crippen LogP contribution in [0.2, 0.25) is 0 Å². The lowest BCUT2D eigenvalue weighted by atomic mass is 10.0. The molecule has 28 heavy (non-hydrogen) atoms. The third-order valence-corrected chi connectivity index (χ3v) is 5.51. The molecule has 0 fully saturated rings. The summed E-state index contributed by atoms with van der Waals surface area (Å²) in [6, 6.07) is 22.9. The lowest BCUT2D eigenvalue weighted by molar-refractivity contribution is 0.415. The smallest absolute Gasteiger partial charge is 0.257 e. The van der Waals surface area contributed by atoms with Crippen molar-refractivity contribution in [3.63, 3.8) is 0 Å². The Morgan fingerprint density at radius 2 is 1.61 bits per heavy atom. The number of anilines is 1. The molecule has 0 aliphatic carbocycles. The molecule has 0 bridgehead atoms. The van der Waals surface area contributed by atoms with Gasteiger partial charge in [-0.15, -0.1) is 0 Å². The van der Waals surface area contributed by atoms with E-state index in [2.05, 4.69) is 72.5 Å². The molecular weight excluding hydrogens is 368 g/mol. The van der Waals surface area contributed by atoms with Gasteiger partial charge in [0.1, 0.15) is 11.3 Å². The number of benzene rings is 3. The monoisotopic (exact) mass is 390 g/mol. The van der Waals surface area contributed by atoms with Crippen molar-refractivity contribution in [2.75, 3.05) is 26.1 Å². The molecule has 4 nitrogen and oxygen atoms in total. The second kappa shape index (κ2) is 7.98. The van der Waals surface area contributed by atoms with Gasteiger partial charge >= 0.3 is 0 Å². The summed E-state index contributed by atoms with van der Waals surface area (Å²) in [5.74, 6) is 1.59. The Morgan fingerprint density at radius 1 is 0.929 bits per heavy atom. The number of hydrogen-bond donors (Lipinski definition) is 0. The average Bonchev–Trinajstić information content (AvgIpc) is 3.14. The Morgan fingerprint density at radius 3 is 2.25 bits per heavy atom. The SMILES string of the molecule is COc1ccc2oc(SCc3ccc(-c4ccc(N(C)C)cc4)cc3)nc2c1. The van der Waals surface area contributed by atoms with Crippen LogP contribution in [0.25, 0.3) is 22.2 Å². The predicted octanol–water partition coefficient (Wildman–Crippen LogP) is 5.86. The summed E-state index contributed by atoms with van der Waals surface area (Å²) < 4.78 is 11.0. The first-order valence-corrected chi connectivity index (χ1v) is 10.0. The number of hydrogen-bond acceptors (Lipinski definition) is 5. The molecule has 4 rings (SSSR count). The van der Waals surface area contributed by atoms with Crippen molar-refractivity contribution >= 4 is 28.5 Å². The fourth-order valence-corrected chi connectivity index (χ4v) is 3.76. The summed E-state index contributed by atoms with van der Waals surface area (Å²) in [6.45, 7) is 0. The topological polar surface area (TPSA) is 38.5 Å². The third-order valence-electron chi connectivity index (χ3n) is 4.61. The highest BCUT2D eigenvalue weighted by Gasteiger charge is 2.08. The van der Waals surface area contributed by atoms with Gasteiger partial charge in [0.2, 0.25) is 0 Å². The largest absolute Gasteiger partial charge is 0.497 e. The number of ether oxygens (including phenoxy) is 1. The summed E-state index contributed by atoms with van der Waals surface area (Å²) in [5.41, 5.74) is 6.47. The second-order valence-corrected chi connectivity index (χ2v) is 7.67. The molecule has 142 valence electrons. The molecule has 0 atom stereocenters. The fraction of sp³-hybridized carbons (Fsp3) is 0.174. The van der Waals surface area contributed by atoms with E-state index in [0.717, 1.165) is 22.6 Å². The summed E-state index contributed by atoms with van der Waals surface area (Å²) in [7, 11) is 5.75. The summed E-state index contributed by atoms with van der Waals surface area (Å²) in [4.78, 5) is 6.64. The molecular formula is C23H22N2O2S. The lowest BCUT2D eigenvalue weighted by Gasteiger charge is -2.12. The minimum atomic E-state index is 0.673. The van der Waals surface area contributed by atoms with E-state index in [4.69, 9.17) is 9.15 Å². The minimum absolute atomic E-state index is 0.673. The van der Waals surface area contributed by atoms with Gasteiger partial charge in [-0.25, -0.2) is 4.98 Å². The quantitative estimate of drug-likeness (QED) is 0.385. The maximum absolute atomic E-state index is 5.81. The zero-order chi connectivity index (χ0) is 19.5. The van der Waals surface area contributed by atoms with E-state index in [1.165, 1.54) is 22.4 Å². The van der Waals surface area contributed by atoms with Crippen molar-refractivity contribution < 1.29 is 9.15 Å². The van der Waals surface area contributed by atoms with Gasteiger partial charge in [0, 0.05) is 31.6 Å². The number of methoxy groups -OCH3 is 1. The van der Waals surface area contributed by atoms with E-state index in [1.807, 2.05) is 18.2 Å². The predicted molar refractivity (Wildman–Crippen MR) is 116 cm³/mol. The Labute approximate surface area is 169 Å². The highest BCUT2D eigenvalue weighted by Crippen LogP contribution is 2.29. The van der Waals surface area contributed by atoms with Crippen LogP contribution in [0.5, 0.6) is 5.75 Å². The molecule has 0 spiro atoms. The average molecular weight is 391 g/mol. The van der Waals surface area contributed by atoms with E-state index in [0.29, 0.717) is 5.22 Å². The molecule has 0 aliphatic heterocycles. The Kier molecular flexibility index (Phi) is 5.26. The molecule has 5 heteroatoms. The van der Waals surface area contributed by atoms with Gasteiger partial charge in [-0.2, -0.15) is 0 Å². The minimum Gasteiger partial charge on any atom is -0.497 e. The number of aromatic nitrogens is 1. The Bertz CT molecular complexity index is 1070. The van der Waals surface area contributed by atoms with Crippen LogP contribution < -0.4 is 9.64 Å². The maximum atomic E-state index is 5.81. The van der Waals surface area contributed by atoms with Gasteiger partial charge in [0.05, 0.1) is 7.11 Å². The van der Waals surface area contributed by atoms with Crippen LogP contribution in [-0.4, -0.2) is 26.2 Å². The Balaban J connectivity index is 1.43. The summed E-state index contributed by atoms with van der Waals surface area (Å²) in [5, 5.41) is 0.673. The number of nitrogens with zero attached hydrogens (tertiary/aromatic N) is 2. The van der Waals surface area contributed by atoms with Crippen molar-refractivity contribution in [3.8, 4) is 16.9 Å². The van der Waals surface area contributed by atoms with Gasteiger partial charge in [0.25, 0.3) is 5.22 Å². The van der Waals surface area contributed by atoms with Gasteiger partial charge in [-0.05, 0) is 41.0 Å². The van der Waals surface area contributed by atoms with Crippen LogP contribution in [-0.2, 0) is 5.75 Å². The van der Waals surface area contributed by atoms with Crippen molar-refractivity contribution in [1.29, 1.82) is 0 Å². The van der Waals surface area contributed by atoms with Crippen molar-refractivity contribution in [1.82, 2.24) is 4.98 Å². The summed E-state index contributed by atoms with van der Waals surface area (Å²) in [6.07, 6.45) is 0. The maximum Gasteiger partial charge on any atom is 0.257 e. The molecule has 0 radical (unpaired) electrons. The van der Waals surface area contributed by atoms with Crippen LogP contribution in [0.4, 0.5) is 5.69 Å². The number of rotatable bonds is 6. The van der Waals surface area contributed by atoms with Crippen LogP contribution in [0.1, 0.15) is 5.56 Å². The standard InChI is InChI=1S/C23H22N2O2S/c1-25(2)19-10-8-18(9-11-19)17-6-4-16(5-7-17)15-28-23-24-21-14-20(26-3)12-13-22(21)27-23/h4-14H,15H2,1-3H3. The molecule has 0 N–H and O–H groups in total. The first kappa shape index (κ1) is 18.4. The van der Waals surface area contributed by atoms with E-state index >= 15 is 0 Å². The van der Waals surface area contributed by atoms with Gasteiger partial charge in [-0.3, -0.25) is 0 Å².